The van der Waals surface area contributed by atoms with Crippen molar-refractivity contribution < 1.29 is 32.1 Å². The highest BCUT2D eigenvalue weighted by atomic mass is 19.3. The van der Waals surface area contributed by atoms with Crippen LogP contribution in [0.15, 0.2) is 36.4 Å². The molecule has 0 heterocycles. The number of nitrogens with two attached hydrogens (primary N) is 3. The number of nitrogens with zero attached hydrogens (tertiary/aromatic N) is 1. The van der Waals surface area contributed by atoms with E-state index in [1.807, 2.05) is 5.32 Å². The van der Waals surface area contributed by atoms with Gasteiger partial charge < -0.3 is 27.8 Å². The van der Waals surface area contributed by atoms with Crippen molar-refractivity contribution in [2.45, 2.75) is 11.8 Å². The van der Waals surface area contributed by atoms with Crippen LogP contribution >= 0.6 is 0 Å². The van der Waals surface area contributed by atoms with Crippen LogP contribution in [0.3, 0.4) is 0 Å². The van der Waals surface area contributed by atoms with Crippen molar-refractivity contribution in [3.63, 3.8) is 0 Å². The van der Waals surface area contributed by atoms with Crippen LogP contribution in [0.4, 0.5) is 40.3 Å². The fourth-order valence-corrected chi connectivity index (χ4v) is 2.53. The van der Waals surface area contributed by atoms with Crippen molar-refractivity contribution in [1.29, 1.82) is 0 Å². The van der Waals surface area contributed by atoms with Gasteiger partial charge in [-0.15, -0.1) is 0 Å². The first-order chi connectivity index (χ1) is 14.7. The Kier molecular flexibility index (Phi) is 6.76. The summed E-state index contributed by atoms with van der Waals surface area (Å²) in [6, 6.07) is 6.07. The maximum atomic E-state index is 14.2. The number of hydrogen-bond acceptors (Lipinski definition) is 7. The molecule has 10 nitrogen and oxygen atoms in total. The van der Waals surface area contributed by atoms with E-state index in [0.717, 1.165) is 30.3 Å². The predicted molar refractivity (Wildman–Crippen MR) is 108 cm³/mol. The Balaban J connectivity index is 2.13. The number of amides is 2. The van der Waals surface area contributed by atoms with Crippen LogP contribution in [0.25, 0.3) is 0 Å². The Morgan fingerprint density at radius 1 is 0.875 bits per heavy atom. The Bertz CT molecular complexity index is 1060. The smallest absolute Gasteiger partial charge is 0.328 e. The van der Waals surface area contributed by atoms with E-state index in [1.165, 1.54) is 6.07 Å². The summed E-state index contributed by atoms with van der Waals surface area (Å²) < 4.78 is 56.8. The number of hydrogen-bond donors (Lipinski definition) is 5. The molecule has 0 bridgehead atoms. The largest absolute Gasteiger partial charge is 0.397 e. The van der Waals surface area contributed by atoms with E-state index >= 15 is 0 Å². The van der Waals surface area contributed by atoms with Gasteiger partial charge in [0.05, 0.1) is 29.4 Å². The molecular weight excluding hydrogens is 440 g/mol. The molecule has 0 fully saturated rings. The second kappa shape index (κ2) is 8.95. The van der Waals surface area contributed by atoms with Gasteiger partial charge in [0.1, 0.15) is 5.69 Å². The van der Waals surface area contributed by atoms with Gasteiger partial charge in [0.15, 0.2) is 0 Å². The highest BCUT2D eigenvalue weighted by Crippen LogP contribution is 2.36. The maximum Gasteiger partial charge on any atom is 0.328 e. The highest BCUT2D eigenvalue weighted by molar-refractivity contribution is 5.95. The molecule has 0 aliphatic rings. The lowest BCUT2D eigenvalue weighted by Gasteiger charge is -2.27. The summed E-state index contributed by atoms with van der Waals surface area (Å²) in [5, 5.41) is 15.1. The van der Waals surface area contributed by atoms with Crippen LogP contribution in [0.1, 0.15) is 20.7 Å². The first-order valence-corrected chi connectivity index (χ1v) is 8.76. The molecule has 0 atom stereocenters. The van der Waals surface area contributed by atoms with Gasteiger partial charge in [-0.25, -0.2) is 0 Å². The first-order valence-electron chi connectivity index (χ1n) is 8.76. The fraction of sp³-hybridized carbons (Fsp3) is 0.222. The first kappa shape index (κ1) is 24.2. The third-order valence-corrected chi connectivity index (χ3v) is 4.35. The van der Waals surface area contributed by atoms with Crippen molar-refractivity contribution in [2.75, 3.05) is 29.5 Å². The van der Waals surface area contributed by atoms with Crippen molar-refractivity contribution in [1.82, 2.24) is 0 Å². The Morgan fingerprint density at radius 3 is 1.75 bits per heavy atom. The number of alkyl halides is 4. The van der Waals surface area contributed by atoms with E-state index in [1.54, 1.807) is 0 Å². The SMILES string of the molecule is NC(=O)c1ccc(NCC(F)(F)C(F)(F)CNc2ccc(C(N)=O)cc2[N+](=O)[O-])c(N)c1. The van der Waals surface area contributed by atoms with Gasteiger partial charge in [0.25, 0.3) is 5.69 Å². The average molecular weight is 458 g/mol. The summed E-state index contributed by atoms with van der Waals surface area (Å²) in [6.45, 7) is -3.20. The van der Waals surface area contributed by atoms with E-state index in [-0.39, 0.29) is 22.5 Å². The molecule has 0 unspecified atom stereocenters. The second-order valence-corrected chi connectivity index (χ2v) is 6.64. The van der Waals surface area contributed by atoms with E-state index in [2.05, 4.69) is 5.32 Å². The number of nitro groups is 1. The lowest BCUT2D eigenvalue weighted by molar-refractivity contribution is -0.384. The zero-order chi connectivity index (χ0) is 24.3. The second-order valence-electron chi connectivity index (χ2n) is 6.64. The van der Waals surface area contributed by atoms with E-state index in [9.17, 15) is 37.3 Å². The number of nitro benzene ring substituents is 1. The fourth-order valence-electron chi connectivity index (χ4n) is 2.53. The minimum absolute atomic E-state index is 0.00158. The van der Waals surface area contributed by atoms with Crippen LogP contribution in [0, 0.1) is 10.1 Å². The van der Waals surface area contributed by atoms with Gasteiger partial charge in [-0.3, -0.25) is 19.7 Å². The third kappa shape index (κ3) is 5.33. The number of nitrogen functional groups attached to an aromatic ring is 1. The number of halogens is 4. The molecule has 0 aliphatic heterocycles. The topological polar surface area (TPSA) is 179 Å². The molecule has 0 aromatic heterocycles. The summed E-state index contributed by atoms with van der Waals surface area (Å²) in [7, 11) is 0. The lowest BCUT2D eigenvalue weighted by atomic mass is 10.1. The van der Waals surface area contributed by atoms with Gasteiger partial charge >= 0.3 is 11.8 Å². The molecular formula is C18H18F4N6O4. The normalized spacial score (nSPS) is 11.6. The van der Waals surface area contributed by atoms with E-state index < -0.39 is 53.0 Å². The van der Waals surface area contributed by atoms with Gasteiger partial charge in [0, 0.05) is 17.2 Å². The van der Waals surface area contributed by atoms with Gasteiger partial charge in [0.2, 0.25) is 11.8 Å². The lowest BCUT2D eigenvalue weighted by Crippen LogP contribution is -2.50. The number of anilines is 3. The summed E-state index contributed by atoms with van der Waals surface area (Å²) in [5.41, 5.74) is 13.8. The minimum Gasteiger partial charge on any atom is -0.397 e. The molecule has 0 aliphatic carbocycles. The third-order valence-electron chi connectivity index (χ3n) is 4.35. The van der Waals surface area contributed by atoms with Gasteiger partial charge in [-0.1, -0.05) is 0 Å². The number of benzene rings is 2. The summed E-state index contributed by atoms with van der Waals surface area (Å²) in [6.07, 6.45) is 0. The average Bonchev–Trinajstić information content (AvgIpc) is 2.70. The number of primary amides is 2. The van der Waals surface area contributed by atoms with Crippen molar-refractivity contribution in [2.24, 2.45) is 11.5 Å². The molecule has 32 heavy (non-hydrogen) atoms. The van der Waals surface area contributed by atoms with Crippen LogP contribution in [-0.2, 0) is 0 Å². The number of carbonyl (C=O) groups is 2. The van der Waals surface area contributed by atoms with E-state index in [4.69, 9.17) is 17.2 Å². The predicted octanol–water partition coefficient (Wildman–Crippen LogP) is 2.17. The Hall–Kier alpha value is -4.10. The van der Waals surface area contributed by atoms with Crippen molar-refractivity contribution >= 4 is 34.6 Å². The van der Waals surface area contributed by atoms with Crippen LogP contribution in [0.5, 0.6) is 0 Å². The maximum absolute atomic E-state index is 14.2. The minimum atomic E-state index is -4.65. The molecule has 0 radical (unpaired) electrons. The number of carbonyl (C=O) groups excluding carboxylic acids is 2. The summed E-state index contributed by atoms with van der Waals surface area (Å²) in [5.74, 6) is -11.1. The molecule has 0 saturated heterocycles. The standard InChI is InChI=1S/C18H18F4N6O4/c19-17(20,7-26-12-3-1-9(15(24)29)5-11(12)23)18(21,22)8-27-13-4-2-10(16(25)30)6-14(13)28(31)32/h1-6,26-27H,7-8,23H2,(H2,24,29)(H2,25,30). The molecule has 172 valence electrons. The van der Waals surface area contributed by atoms with Crippen molar-refractivity contribution in [3.8, 4) is 0 Å². The summed E-state index contributed by atoms with van der Waals surface area (Å²) >= 11 is 0. The molecule has 0 spiro atoms. The van der Waals surface area contributed by atoms with E-state index in [0.29, 0.717) is 0 Å². The van der Waals surface area contributed by atoms with Gasteiger partial charge in [-0.05, 0) is 30.3 Å². The van der Waals surface area contributed by atoms with Gasteiger partial charge in [-0.2, -0.15) is 17.6 Å². The monoisotopic (exact) mass is 458 g/mol. The number of rotatable bonds is 10. The molecule has 2 aromatic carbocycles. The quantitative estimate of drug-likeness (QED) is 0.157. The zero-order valence-corrected chi connectivity index (χ0v) is 16.2. The molecule has 2 amide bonds. The summed E-state index contributed by atoms with van der Waals surface area (Å²) in [4.78, 5) is 32.3. The van der Waals surface area contributed by atoms with Crippen LogP contribution in [-0.4, -0.2) is 41.7 Å². The number of nitrogens with one attached hydrogen (secondary N) is 2. The Labute approximate surface area is 177 Å². The molecule has 8 N–H and O–H groups in total. The molecule has 14 heteroatoms. The van der Waals surface area contributed by atoms with Crippen LogP contribution in [0.2, 0.25) is 0 Å². The van der Waals surface area contributed by atoms with Crippen molar-refractivity contribution in [3.05, 3.63) is 57.6 Å². The zero-order valence-electron chi connectivity index (χ0n) is 16.2. The highest BCUT2D eigenvalue weighted by Gasteiger charge is 2.55. The molecule has 0 saturated carbocycles. The molecule has 2 aromatic rings. The Morgan fingerprint density at radius 2 is 1.31 bits per heavy atom. The van der Waals surface area contributed by atoms with Crippen LogP contribution < -0.4 is 27.8 Å². The molecule has 2 rings (SSSR count).